The fourth-order valence-electron chi connectivity index (χ4n) is 3.06. The molecule has 9 heteroatoms. The van der Waals surface area contributed by atoms with E-state index in [0.717, 1.165) is 11.1 Å². The van der Waals surface area contributed by atoms with E-state index in [1.165, 1.54) is 36.4 Å². The number of carbonyl (C=O) groups is 2. The maximum Gasteiger partial charge on any atom is 0.408 e. The van der Waals surface area contributed by atoms with Crippen molar-refractivity contribution in [1.29, 1.82) is 0 Å². The summed E-state index contributed by atoms with van der Waals surface area (Å²) >= 11 is 0. The molecule has 0 spiro atoms. The molecule has 1 atom stereocenters. The van der Waals surface area contributed by atoms with Gasteiger partial charge in [0.15, 0.2) is 6.04 Å². The number of carbonyl (C=O) groups excluding carboxylic acids is 2. The van der Waals surface area contributed by atoms with Gasteiger partial charge in [-0.15, -0.1) is 0 Å². The smallest absolute Gasteiger partial charge is 0.408 e. The van der Waals surface area contributed by atoms with Gasteiger partial charge in [-0.2, -0.15) is 8.42 Å². The van der Waals surface area contributed by atoms with Gasteiger partial charge >= 0.3 is 22.2 Å². The zero-order valence-electron chi connectivity index (χ0n) is 19.6. The lowest BCUT2D eigenvalue weighted by Gasteiger charge is -2.19. The number of alkyl carbamates (subject to hydrolysis) is 1. The van der Waals surface area contributed by atoms with Crippen molar-refractivity contribution in [2.24, 2.45) is 0 Å². The molecule has 0 saturated heterocycles. The summed E-state index contributed by atoms with van der Waals surface area (Å²) in [5.74, 6) is -0.630. The molecule has 0 radical (unpaired) electrons. The highest BCUT2D eigenvalue weighted by Crippen LogP contribution is 2.23. The van der Waals surface area contributed by atoms with E-state index in [1.54, 1.807) is 38.1 Å². The van der Waals surface area contributed by atoms with Gasteiger partial charge in [-0.1, -0.05) is 60.2 Å². The van der Waals surface area contributed by atoms with Gasteiger partial charge in [0.25, 0.3) is 0 Å². The van der Waals surface area contributed by atoms with Crippen molar-refractivity contribution >= 4 is 22.2 Å². The predicted molar refractivity (Wildman–Crippen MR) is 129 cm³/mol. The maximum absolute atomic E-state index is 12.7. The van der Waals surface area contributed by atoms with Crippen LogP contribution < -0.4 is 9.50 Å². The van der Waals surface area contributed by atoms with Crippen LogP contribution in [-0.2, 0) is 31.0 Å². The lowest BCUT2D eigenvalue weighted by molar-refractivity contribution is -0.150. The van der Waals surface area contributed by atoms with Gasteiger partial charge in [-0.25, -0.2) is 9.59 Å². The first-order valence-electron chi connectivity index (χ1n) is 10.9. The number of hydrogen-bond acceptors (Lipinski definition) is 7. The first-order chi connectivity index (χ1) is 16.6. The van der Waals surface area contributed by atoms with Crippen LogP contribution in [0, 0.1) is 6.92 Å². The Morgan fingerprint density at radius 2 is 1.51 bits per heavy atom. The zero-order chi connectivity index (χ0) is 25.4. The molecule has 0 aliphatic heterocycles. The minimum atomic E-state index is -4.03. The quantitative estimate of drug-likeness (QED) is 0.338. The highest BCUT2D eigenvalue weighted by atomic mass is 32.2. The van der Waals surface area contributed by atoms with Gasteiger partial charge in [0.2, 0.25) is 0 Å². The van der Waals surface area contributed by atoms with Crippen molar-refractivity contribution < 1.29 is 31.7 Å². The molecule has 0 aliphatic rings. The van der Waals surface area contributed by atoms with Gasteiger partial charge < -0.3 is 19.0 Å². The van der Waals surface area contributed by atoms with Crippen LogP contribution in [0.5, 0.6) is 5.75 Å². The highest BCUT2D eigenvalue weighted by Gasteiger charge is 2.26. The molecule has 0 heterocycles. The average molecular weight is 498 g/mol. The van der Waals surface area contributed by atoms with E-state index in [4.69, 9.17) is 13.7 Å². The summed E-state index contributed by atoms with van der Waals surface area (Å²) in [6.45, 7) is 5.26. The average Bonchev–Trinajstić information content (AvgIpc) is 2.82. The molecule has 3 aromatic carbocycles. The Balaban J connectivity index is 1.73. The minimum absolute atomic E-state index is 0.0217. The van der Waals surface area contributed by atoms with Crippen LogP contribution in [0.15, 0.2) is 83.8 Å². The fourth-order valence-corrected chi connectivity index (χ4v) is 3.99. The number of aryl methyl sites for hydroxylation is 1. The molecule has 3 aromatic rings. The van der Waals surface area contributed by atoms with Crippen LogP contribution in [-0.4, -0.2) is 26.6 Å². The topological polar surface area (TPSA) is 108 Å². The SMILES string of the molecule is Cc1ccc(S(=O)(=O)Oc2ccc(C(NC(=O)OCc3ccccc3)C(=O)OC(C)C)cc2)cc1. The van der Waals surface area contributed by atoms with Crippen LogP contribution in [0.1, 0.15) is 36.6 Å². The second-order valence-electron chi connectivity index (χ2n) is 8.04. The highest BCUT2D eigenvalue weighted by molar-refractivity contribution is 7.87. The van der Waals surface area contributed by atoms with Crippen molar-refractivity contribution in [2.75, 3.05) is 0 Å². The van der Waals surface area contributed by atoms with E-state index in [9.17, 15) is 18.0 Å². The molecule has 0 fully saturated rings. The summed E-state index contributed by atoms with van der Waals surface area (Å²) in [5, 5.41) is 2.51. The Morgan fingerprint density at radius 1 is 0.886 bits per heavy atom. The number of nitrogens with one attached hydrogen (secondary N) is 1. The summed E-state index contributed by atoms with van der Waals surface area (Å²) in [6, 6.07) is 20.0. The van der Waals surface area contributed by atoms with E-state index >= 15 is 0 Å². The molecule has 1 unspecified atom stereocenters. The van der Waals surface area contributed by atoms with Gasteiger partial charge in [0.05, 0.1) is 6.10 Å². The maximum atomic E-state index is 12.7. The molecule has 184 valence electrons. The predicted octanol–water partition coefficient (Wildman–Crippen LogP) is 4.68. The first-order valence-corrected chi connectivity index (χ1v) is 12.3. The van der Waals surface area contributed by atoms with Crippen molar-refractivity contribution in [2.45, 2.75) is 44.4 Å². The summed E-state index contributed by atoms with van der Waals surface area (Å²) < 4.78 is 40.7. The number of benzene rings is 3. The van der Waals surface area contributed by atoms with Crippen molar-refractivity contribution in [3.05, 3.63) is 95.6 Å². The summed E-state index contributed by atoms with van der Waals surface area (Å²) in [7, 11) is -4.03. The molecule has 0 bridgehead atoms. The minimum Gasteiger partial charge on any atom is -0.461 e. The molecule has 0 aliphatic carbocycles. The van der Waals surface area contributed by atoms with Crippen molar-refractivity contribution in [3.8, 4) is 5.75 Å². The molecule has 0 aromatic heterocycles. The first kappa shape index (κ1) is 25.8. The summed E-state index contributed by atoms with van der Waals surface area (Å²) in [5.41, 5.74) is 2.08. The molecule has 3 rings (SSSR count). The van der Waals surface area contributed by atoms with Gasteiger partial charge in [-0.3, -0.25) is 0 Å². The molecular weight excluding hydrogens is 470 g/mol. The summed E-state index contributed by atoms with van der Waals surface area (Å²) in [4.78, 5) is 25.1. The van der Waals surface area contributed by atoms with Crippen LogP contribution in [0.3, 0.4) is 0 Å². The Labute approximate surface area is 205 Å². The molecule has 8 nitrogen and oxygen atoms in total. The molecule has 35 heavy (non-hydrogen) atoms. The second kappa shape index (κ2) is 11.5. The number of rotatable bonds is 9. The second-order valence-corrected chi connectivity index (χ2v) is 9.59. The van der Waals surface area contributed by atoms with Crippen LogP contribution in [0.4, 0.5) is 4.79 Å². The number of ether oxygens (including phenoxy) is 2. The number of esters is 1. The Bertz CT molecular complexity index is 1240. The standard InChI is InChI=1S/C26H27NO7S/c1-18(2)33-25(28)24(27-26(29)32-17-20-7-5-4-6-8-20)21-11-13-22(14-12-21)34-35(30,31)23-15-9-19(3)10-16-23/h4-16,18,24H,17H2,1-3H3,(H,27,29). The molecule has 0 saturated carbocycles. The van der Waals surface area contributed by atoms with E-state index in [2.05, 4.69) is 5.32 Å². The van der Waals surface area contributed by atoms with Gasteiger partial charge in [-0.05, 0) is 56.2 Å². The van der Waals surface area contributed by atoms with E-state index in [0.29, 0.717) is 5.56 Å². The van der Waals surface area contributed by atoms with Gasteiger partial charge in [0, 0.05) is 0 Å². The lowest BCUT2D eigenvalue weighted by Crippen LogP contribution is -2.36. The third-order valence-corrected chi connectivity index (χ3v) is 6.05. The van der Waals surface area contributed by atoms with Crippen molar-refractivity contribution in [1.82, 2.24) is 5.32 Å². The van der Waals surface area contributed by atoms with Crippen LogP contribution >= 0.6 is 0 Å². The van der Waals surface area contributed by atoms with Crippen LogP contribution in [0.2, 0.25) is 0 Å². The Kier molecular flexibility index (Phi) is 8.48. The monoisotopic (exact) mass is 497 g/mol. The molecule has 1 amide bonds. The van der Waals surface area contributed by atoms with E-state index < -0.39 is 34.3 Å². The third kappa shape index (κ3) is 7.58. The number of amides is 1. The fraction of sp³-hybridized carbons (Fsp3) is 0.231. The molecular formula is C26H27NO7S. The lowest BCUT2D eigenvalue weighted by atomic mass is 10.1. The molecule has 1 N–H and O–H groups in total. The largest absolute Gasteiger partial charge is 0.461 e. The number of hydrogen-bond donors (Lipinski definition) is 1. The van der Waals surface area contributed by atoms with Gasteiger partial charge in [0.1, 0.15) is 17.3 Å². The zero-order valence-corrected chi connectivity index (χ0v) is 20.4. The summed E-state index contributed by atoms with van der Waals surface area (Å²) in [6.07, 6.45) is -1.21. The third-order valence-electron chi connectivity index (χ3n) is 4.79. The normalized spacial score (nSPS) is 12.0. The van der Waals surface area contributed by atoms with Crippen LogP contribution in [0.25, 0.3) is 0 Å². The van der Waals surface area contributed by atoms with Crippen molar-refractivity contribution in [3.63, 3.8) is 0 Å². The van der Waals surface area contributed by atoms with E-state index in [-0.39, 0.29) is 17.3 Å². The Hall–Kier alpha value is -3.85. The van der Waals surface area contributed by atoms with E-state index in [1.807, 2.05) is 25.1 Å². The Morgan fingerprint density at radius 3 is 2.11 bits per heavy atom.